The maximum absolute atomic E-state index is 13.5. The summed E-state index contributed by atoms with van der Waals surface area (Å²) in [4.78, 5) is 12.4. The molecule has 2 N–H and O–H groups in total. The van der Waals surface area contributed by atoms with Gasteiger partial charge in [-0.1, -0.05) is 66.7 Å². The van der Waals surface area contributed by atoms with Crippen LogP contribution in [0.2, 0.25) is 0 Å². The number of anilines is 2. The van der Waals surface area contributed by atoms with Crippen molar-refractivity contribution in [3.8, 4) is 0 Å². The van der Waals surface area contributed by atoms with Crippen molar-refractivity contribution in [3.05, 3.63) is 120 Å². The molecule has 0 spiro atoms. The smallest absolute Gasteiger partial charge is 0.204 e. The fourth-order valence-electron chi connectivity index (χ4n) is 6.06. The molecular weight excluding hydrogens is 537 g/mol. The number of nitrogens with one attached hydrogen (secondary N) is 2. The van der Waals surface area contributed by atoms with Gasteiger partial charge >= 0.3 is 0 Å². The van der Waals surface area contributed by atoms with Gasteiger partial charge in [-0.2, -0.15) is 0 Å². The Kier molecular flexibility index (Phi) is 7.75. The van der Waals surface area contributed by atoms with Gasteiger partial charge in [0.25, 0.3) is 0 Å². The highest BCUT2D eigenvalue weighted by Gasteiger charge is 2.22. The SMILES string of the molecule is Fc1ccc(Cn2c(NC3CCN(CCNc4nc5ccccc5n4Cc4ccccc4)CC3)nc3ccccc32)cc1. The minimum absolute atomic E-state index is 0.217. The summed E-state index contributed by atoms with van der Waals surface area (Å²) >= 11 is 0. The number of piperidine rings is 1. The topological polar surface area (TPSA) is 62.9 Å². The predicted octanol–water partition coefficient (Wildman–Crippen LogP) is 6.61. The Hall–Kier alpha value is -4.69. The molecule has 218 valence electrons. The summed E-state index contributed by atoms with van der Waals surface area (Å²) in [5.41, 5.74) is 6.51. The molecule has 0 unspecified atom stereocenters. The van der Waals surface area contributed by atoms with Gasteiger partial charge in [-0.3, -0.25) is 0 Å². The molecule has 8 heteroatoms. The standard InChI is InChI=1S/C35H36FN7/c36-28-16-14-27(15-17-28)25-43-33-13-7-5-11-31(33)40-35(43)38-29-18-21-41(22-19-29)23-20-37-34-39-30-10-4-6-12-32(30)42(34)24-26-8-2-1-3-9-26/h1-17,29H,18-25H2,(H,37,39)(H,38,40). The van der Waals surface area contributed by atoms with E-state index in [0.717, 1.165) is 85.1 Å². The quantitative estimate of drug-likeness (QED) is 0.193. The van der Waals surface area contributed by atoms with Crippen molar-refractivity contribution in [1.82, 2.24) is 24.0 Å². The molecule has 0 amide bonds. The Bertz CT molecular complexity index is 1800. The summed E-state index contributed by atoms with van der Waals surface area (Å²) in [6.07, 6.45) is 2.10. The largest absolute Gasteiger partial charge is 0.354 e. The number of benzene rings is 4. The summed E-state index contributed by atoms with van der Waals surface area (Å²) in [7, 11) is 0. The summed E-state index contributed by atoms with van der Waals surface area (Å²) in [5.74, 6) is 1.58. The molecule has 0 saturated carbocycles. The van der Waals surface area contributed by atoms with E-state index in [1.807, 2.05) is 36.4 Å². The zero-order valence-corrected chi connectivity index (χ0v) is 24.2. The highest BCUT2D eigenvalue weighted by molar-refractivity contribution is 5.79. The Morgan fingerprint density at radius 1 is 0.651 bits per heavy atom. The predicted molar refractivity (Wildman–Crippen MR) is 172 cm³/mol. The molecule has 4 aromatic carbocycles. The van der Waals surface area contributed by atoms with Crippen molar-refractivity contribution < 1.29 is 4.39 Å². The maximum atomic E-state index is 13.5. The molecule has 0 atom stereocenters. The molecule has 0 bridgehead atoms. The average Bonchev–Trinajstić information content (AvgIpc) is 3.57. The van der Waals surface area contributed by atoms with Crippen molar-refractivity contribution in [1.29, 1.82) is 0 Å². The molecule has 7 rings (SSSR count). The van der Waals surface area contributed by atoms with Gasteiger partial charge < -0.3 is 24.7 Å². The van der Waals surface area contributed by atoms with Crippen LogP contribution in [0.1, 0.15) is 24.0 Å². The first-order valence-corrected chi connectivity index (χ1v) is 15.1. The van der Waals surface area contributed by atoms with Crippen LogP contribution in [0.5, 0.6) is 0 Å². The fraction of sp³-hybridized carbons (Fsp3) is 0.257. The van der Waals surface area contributed by atoms with Gasteiger partial charge in [0.15, 0.2) is 0 Å². The van der Waals surface area contributed by atoms with Crippen LogP contribution in [0, 0.1) is 5.82 Å². The molecule has 2 aromatic heterocycles. The van der Waals surface area contributed by atoms with E-state index in [1.165, 1.54) is 17.7 Å². The molecule has 1 aliphatic heterocycles. The minimum Gasteiger partial charge on any atom is -0.354 e. The van der Waals surface area contributed by atoms with Gasteiger partial charge in [-0.05, 0) is 60.4 Å². The van der Waals surface area contributed by atoms with Gasteiger partial charge in [0.05, 0.1) is 35.2 Å². The second kappa shape index (κ2) is 12.3. The van der Waals surface area contributed by atoms with E-state index < -0.39 is 0 Å². The van der Waals surface area contributed by atoms with Crippen molar-refractivity contribution in [3.63, 3.8) is 0 Å². The number of aromatic nitrogens is 4. The number of para-hydroxylation sites is 4. The van der Waals surface area contributed by atoms with Crippen molar-refractivity contribution in [2.45, 2.75) is 32.0 Å². The number of rotatable bonds is 10. The van der Waals surface area contributed by atoms with E-state index in [4.69, 9.17) is 9.97 Å². The second-order valence-electron chi connectivity index (χ2n) is 11.3. The average molecular weight is 574 g/mol. The zero-order valence-electron chi connectivity index (χ0n) is 24.2. The molecule has 6 aromatic rings. The summed E-state index contributed by atoms with van der Waals surface area (Å²) < 4.78 is 18.0. The molecule has 0 radical (unpaired) electrons. The molecule has 1 aliphatic rings. The van der Waals surface area contributed by atoms with Gasteiger partial charge in [-0.25, -0.2) is 14.4 Å². The summed E-state index contributed by atoms with van der Waals surface area (Å²) in [6.45, 7) is 5.28. The van der Waals surface area contributed by atoms with Crippen LogP contribution in [0.3, 0.4) is 0 Å². The first kappa shape index (κ1) is 27.2. The van der Waals surface area contributed by atoms with E-state index >= 15 is 0 Å². The van der Waals surface area contributed by atoms with E-state index in [9.17, 15) is 4.39 Å². The van der Waals surface area contributed by atoms with Crippen molar-refractivity contribution in [2.75, 3.05) is 36.8 Å². The molecule has 0 aliphatic carbocycles. The number of hydrogen-bond donors (Lipinski definition) is 2. The Morgan fingerprint density at radius 3 is 1.88 bits per heavy atom. The van der Waals surface area contributed by atoms with Crippen LogP contribution in [0.15, 0.2) is 103 Å². The van der Waals surface area contributed by atoms with Crippen LogP contribution in [-0.2, 0) is 13.1 Å². The summed E-state index contributed by atoms with van der Waals surface area (Å²) in [5, 5.41) is 7.37. The second-order valence-corrected chi connectivity index (χ2v) is 11.3. The maximum Gasteiger partial charge on any atom is 0.204 e. The minimum atomic E-state index is -0.217. The monoisotopic (exact) mass is 573 g/mol. The van der Waals surface area contributed by atoms with Crippen LogP contribution >= 0.6 is 0 Å². The van der Waals surface area contributed by atoms with E-state index in [1.54, 1.807) is 0 Å². The molecule has 7 nitrogen and oxygen atoms in total. The lowest BCUT2D eigenvalue weighted by molar-refractivity contribution is 0.226. The highest BCUT2D eigenvalue weighted by atomic mass is 19.1. The third-order valence-electron chi connectivity index (χ3n) is 8.38. The van der Waals surface area contributed by atoms with Crippen LogP contribution in [-0.4, -0.2) is 56.2 Å². The molecule has 1 fully saturated rings. The fourth-order valence-corrected chi connectivity index (χ4v) is 6.06. The Balaban J connectivity index is 0.969. The van der Waals surface area contributed by atoms with Crippen LogP contribution in [0.25, 0.3) is 22.1 Å². The third-order valence-corrected chi connectivity index (χ3v) is 8.38. The lowest BCUT2D eigenvalue weighted by atomic mass is 10.1. The molecular formula is C35H36FN7. The highest BCUT2D eigenvalue weighted by Crippen LogP contribution is 2.25. The van der Waals surface area contributed by atoms with Gasteiger partial charge in [0.2, 0.25) is 11.9 Å². The normalized spacial score (nSPS) is 14.4. The van der Waals surface area contributed by atoms with Gasteiger partial charge in [0.1, 0.15) is 5.82 Å². The van der Waals surface area contributed by atoms with Crippen molar-refractivity contribution in [2.24, 2.45) is 0 Å². The molecule has 1 saturated heterocycles. The van der Waals surface area contributed by atoms with E-state index in [2.05, 4.69) is 79.3 Å². The lowest BCUT2D eigenvalue weighted by Gasteiger charge is -2.32. The van der Waals surface area contributed by atoms with Crippen LogP contribution < -0.4 is 10.6 Å². The van der Waals surface area contributed by atoms with E-state index in [-0.39, 0.29) is 5.82 Å². The number of nitrogens with zero attached hydrogens (tertiary/aromatic N) is 5. The van der Waals surface area contributed by atoms with Gasteiger partial charge in [0, 0.05) is 32.2 Å². The number of fused-ring (bicyclic) bond motifs is 2. The number of halogens is 1. The Morgan fingerprint density at radius 2 is 1.21 bits per heavy atom. The first-order valence-electron chi connectivity index (χ1n) is 15.1. The third kappa shape index (κ3) is 6.10. The first-order chi connectivity index (χ1) is 21.2. The number of hydrogen-bond acceptors (Lipinski definition) is 5. The van der Waals surface area contributed by atoms with Crippen LogP contribution in [0.4, 0.5) is 16.3 Å². The lowest BCUT2D eigenvalue weighted by Crippen LogP contribution is -2.41. The van der Waals surface area contributed by atoms with Crippen molar-refractivity contribution >= 4 is 34.0 Å². The molecule has 43 heavy (non-hydrogen) atoms. The van der Waals surface area contributed by atoms with E-state index in [0.29, 0.717) is 12.6 Å². The van der Waals surface area contributed by atoms with Gasteiger partial charge in [-0.15, -0.1) is 0 Å². The number of likely N-dealkylation sites (tertiary alicyclic amines) is 1. The zero-order chi connectivity index (χ0) is 29.0. The number of imidazole rings is 2. The molecule has 3 heterocycles. The summed E-state index contributed by atoms with van der Waals surface area (Å²) in [6, 6.07) is 34.2. The Labute approximate surface area is 251 Å².